The zero-order chi connectivity index (χ0) is 15.6. The van der Waals surface area contributed by atoms with Gasteiger partial charge in [-0.05, 0) is 47.1 Å². The van der Waals surface area contributed by atoms with Crippen molar-refractivity contribution in [3.8, 4) is 0 Å². The molecule has 21 heavy (non-hydrogen) atoms. The number of amides is 1. The fourth-order valence-corrected chi connectivity index (χ4v) is 2.47. The van der Waals surface area contributed by atoms with E-state index in [0.717, 1.165) is 5.56 Å². The monoisotopic (exact) mass is 367 g/mol. The van der Waals surface area contributed by atoms with Crippen molar-refractivity contribution in [1.29, 1.82) is 0 Å². The molecule has 0 atom stereocenters. The van der Waals surface area contributed by atoms with Crippen LogP contribution in [-0.4, -0.2) is 17.0 Å². The number of hydrogen-bond donors (Lipinski definition) is 2. The lowest BCUT2D eigenvalue weighted by atomic mass is 10.1. The number of aromatic carboxylic acids is 1. The maximum absolute atomic E-state index is 12.3. The third-order valence-corrected chi connectivity index (χ3v) is 3.86. The number of para-hydroxylation sites is 1. The molecule has 108 valence electrons. The number of carboxylic acids is 1. The average Bonchev–Trinajstić information content (AvgIpc) is 2.43. The fraction of sp³-hybridized carbons (Fsp3) is 0.0667. The Morgan fingerprint density at radius 1 is 1.19 bits per heavy atom. The summed E-state index contributed by atoms with van der Waals surface area (Å²) in [6, 6.07) is 9.75. The Morgan fingerprint density at radius 2 is 1.90 bits per heavy atom. The number of anilines is 1. The predicted octanol–water partition coefficient (Wildman–Crippen LogP) is 4.36. The summed E-state index contributed by atoms with van der Waals surface area (Å²) in [5.74, 6) is -1.59. The second kappa shape index (κ2) is 6.28. The number of nitrogens with one attached hydrogen (secondary N) is 1. The Bertz CT molecular complexity index is 731. The van der Waals surface area contributed by atoms with E-state index in [4.69, 9.17) is 16.7 Å². The van der Waals surface area contributed by atoms with E-state index in [0.29, 0.717) is 10.0 Å². The number of aryl methyl sites for hydroxylation is 1. The number of carbonyl (C=O) groups is 2. The van der Waals surface area contributed by atoms with E-state index in [9.17, 15) is 9.59 Å². The number of hydrogen-bond acceptors (Lipinski definition) is 2. The van der Waals surface area contributed by atoms with Gasteiger partial charge in [-0.25, -0.2) is 4.79 Å². The summed E-state index contributed by atoms with van der Waals surface area (Å²) in [5, 5.41) is 11.9. The van der Waals surface area contributed by atoms with Crippen LogP contribution in [0.3, 0.4) is 0 Å². The Hall–Kier alpha value is -1.85. The summed E-state index contributed by atoms with van der Waals surface area (Å²) in [6.07, 6.45) is 0. The van der Waals surface area contributed by atoms with Gasteiger partial charge in [0.05, 0.1) is 21.8 Å². The maximum atomic E-state index is 12.3. The van der Waals surface area contributed by atoms with E-state index >= 15 is 0 Å². The number of carboxylic acid groups (broad SMARTS) is 1. The van der Waals surface area contributed by atoms with Crippen molar-refractivity contribution in [3.05, 3.63) is 62.6 Å². The van der Waals surface area contributed by atoms with Crippen molar-refractivity contribution >= 4 is 45.1 Å². The van der Waals surface area contributed by atoms with Gasteiger partial charge in [0.15, 0.2) is 0 Å². The topological polar surface area (TPSA) is 66.4 Å². The van der Waals surface area contributed by atoms with Crippen LogP contribution < -0.4 is 5.32 Å². The second-order valence-electron chi connectivity index (χ2n) is 4.40. The average molecular weight is 369 g/mol. The molecule has 0 saturated heterocycles. The minimum absolute atomic E-state index is 0.0559. The van der Waals surface area contributed by atoms with E-state index in [1.807, 2.05) is 13.0 Å². The summed E-state index contributed by atoms with van der Waals surface area (Å²) < 4.78 is 0.620. The van der Waals surface area contributed by atoms with Crippen LogP contribution in [0.2, 0.25) is 5.02 Å². The van der Waals surface area contributed by atoms with E-state index in [2.05, 4.69) is 21.2 Å². The molecular weight excluding hydrogens is 358 g/mol. The van der Waals surface area contributed by atoms with Crippen LogP contribution in [0, 0.1) is 6.92 Å². The first-order chi connectivity index (χ1) is 9.90. The minimum atomic E-state index is -1.16. The summed E-state index contributed by atoms with van der Waals surface area (Å²) in [7, 11) is 0. The number of rotatable bonds is 3. The van der Waals surface area contributed by atoms with E-state index in [1.54, 1.807) is 12.1 Å². The quantitative estimate of drug-likeness (QED) is 0.846. The second-order valence-corrected chi connectivity index (χ2v) is 5.67. The fourth-order valence-electron chi connectivity index (χ4n) is 1.82. The largest absolute Gasteiger partial charge is 0.478 e. The van der Waals surface area contributed by atoms with Gasteiger partial charge < -0.3 is 10.4 Å². The van der Waals surface area contributed by atoms with Crippen molar-refractivity contribution in [3.63, 3.8) is 0 Å². The van der Waals surface area contributed by atoms with E-state index in [-0.39, 0.29) is 16.3 Å². The van der Waals surface area contributed by atoms with Crippen LogP contribution in [-0.2, 0) is 0 Å². The van der Waals surface area contributed by atoms with Crippen LogP contribution in [0.5, 0.6) is 0 Å². The van der Waals surface area contributed by atoms with Gasteiger partial charge in [0, 0.05) is 4.47 Å². The highest BCUT2D eigenvalue weighted by molar-refractivity contribution is 9.10. The number of halogens is 2. The zero-order valence-corrected chi connectivity index (χ0v) is 13.3. The Balaban J connectivity index is 2.41. The minimum Gasteiger partial charge on any atom is -0.478 e. The van der Waals surface area contributed by atoms with Crippen LogP contribution in [0.15, 0.2) is 40.9 Å². The van der Waals surface area contributed by atoms with Gasteiger partial charge >= 0.3 is 5.97 Å². The molecule has 0 bridgehead atoms. The predicted molar refractivity (Wildman–Crippen MR) is 85.2 cm³/mol. The standard InChI is InChI=1S/C15H11BrClNO3/c1-8-5-6-11(16)10(7-8)14(19)18-13-9(15(20)21)3-2-4-12(13)17/h2-7H,1H3,(H,18,19)(H,20,21). The highest BCUT2D eigenvalue weighted by Crippen LogP contribution is 2.27. The van der Waals surface area contributed by atoms with Crippen molar-refractivity contribution in [2.45, 2.75) is 6.92 Å². The van der Waals surface area contributed by atoms with Gasteiger partial charge in [0.1, 0.15) is 0 Å². The smallest absolute Gasteiger partial charge is 0.337 e. The molecule has 0 spiro atoms. The lowest BCUT2D eigenvalue weighted by Gasteiger charge is -2.11. The SMILES string of the molecule is Cc1ccc(Br)c(C(=O)Nc2c(Cl)cccc2C(=O)O)c1. The van der Waals surface area contributed by atoms with Crippen LogP contribution in [0.4, 0.5) is 5.69 Å². The third kappa shape index (κ3) is 3.43. The summed E-state index contributed by atoms with van der Waals surface area (Å²) >= 11 is 9.29. The van der Waals surface area contributed by atoms with Crippen molar-refractivity contribution in [1.82, 2.24) is 0 Å². The first-order valence-corrected chi connectivity index (χ1v) is 7.16. The van der Waals surface area contributed by atoms with Gasteiger partial charge in [0.25, 0.3) is 5.91 Å². The number of benzene rings is 2. The molecular formula is C15H11BrClNO3. The molecule has 0 aliphatic heterocycles. The van der Waals surface area contributed by atoms with Crippen LogP contribution >= 0.6 is 27.5 Å². The van der Waals surface area contributed by atoms with Crippen LogP contribution in [0.1, 0.15) is 26.3 Å². The van der Waals surface area contributed by atoms with Crippen molar-refractivity contribution in [2.75, 3.05) is 5.32 Å². The molecule has 0 radical (unpaired) electrons. The molecule has 0 fully saturated rings. The van der Waals surface area contributed by atoms with Gasteiger partial charge in [-0.2, -0.15) is 0 Å². The molecule has 2 N–H and O–H groups in total. The summed E-state index contributed by atoms with van der Waals surface area (Å²) in [5.41, 5.74) is 1.36. The molecule has 4 nitrogen and oxygen atoms in total. The highest BCUT2D eigenvalue weighted by atomic mass is 79.9. The molecule has 0 heterocycles. The first-order valence-electron chi connectivity index (χ1n) is 5.99. The third-order valence-electron chi connectivity index (χ3n) is 2.85. The summed E-state index contributed by atoms with van der Waals surface area (Å²) in [6.45, 7) is 1.86. The zero-order valence-electron chi connectivity index (χ0n) is 11.0. The van der Waals surface area contributed by atoms with Crippen molar-refractivity contribution < 1.29 is 14.7 Å². The number of carbonyl (C=O) groups excluding carboxylic acids is 1. The lowest BCUT2D eigenvalue weighted by molar-refractivity contribution is 0.0698. The first kappa shape index (κ1) is 15.5. The molecule has 0 saturated carbocycles. The Kier molecular flexibility index (Phi) is 4.65. The molecule has 6 heteroatoms. The normalized spacial score (nSPS) is 10.2. The molecule has 1 amide bonds. The van der Waals surface area contributed by atoms with Crippen molar-refractivity contribution in [2.24, 2.45) is 0 Å². The van der Waals surface area contributed by atoms with E-state index < -0.39 is 11.9 Å². The van der Waals surface area contributed by atoms with E-state index in [1.165, 1.54) is 18.2 Å². The molecule has 2 aromatic rings. The molecule has 0 aliphatic carbocycles. The maximum Gasteiger partial charge on any atom is 0.337 e. The van der Waals surface area contributed by atoms with Gasteiger partial charge in [-0.3, -0.25) is 4.79 Å². The Labute approximate surface area is 134 Å². The van der Waals surface area contributed by atoms with Gasteiger partial charge in [-0.15, -0.1) is 0 Å². The van der Waals surface area contributed by atoms with Gasteiger partial charge in [0.2, 0.25) is 0 Å². The lowest BCUT2D eigenvalue weighted by Crippen LogP contribution is -2.16. The van der Waals surface area contributed by atoms with Crippen LogP contribution in [0.25, 0.3) is 0 Å². The molecule has 2 rings (SSSR count). The molecule has 0 aliphatic rings. The molecule has 0 unspecified atom stereocenters. The molecule has 0 aromatic heterocycles. The Morgan fingerprint density at radius 3 is 2.57 bits per heavy atom. The molecule has 2 aromatic carbocycles. The summed E-state index contributed by atoms with van der Waals surface area (Å²) in [4.78, 5) is 23.5. The highest BCUT2D eigenvalue weighted by Gasteiger charge is 2.17. The van der Waals surface area contributed by atoms with Gasteiger partial charge in [-0.1, -0.05) is 29.3 Å².